The van der Waals surface area contributed by atoms with E-state index in [2.05, 4.69) is 22.4 Å². The molecule has 0 bridgehead atoms. The predicted molar refractivity (Wildman–Crippen MR) is 74.2 cm³/mol. The molecular formula is C14H16ClN3O. The van der Waals surface area contributed by atoms with Gasteiger partial charge in [0.05, 0.1) is 5.02 Å². The van der Waals surface area contributed by atoms with Gasteiger partial charge in [0.2, 0.25) is 11.7 Å². The van der Waals surface area contributed by atoms with Gasteiger partial charge in [0.1, 0.15) is 0 Å². The zero-order valence-electron chi connectivity index (χ0n) is 10.8. The highest BCUT2D eigenvalue weighted by Crippen LogP contribution is 2.33. The molecule has 2 heterocycles. The molecule has 19 heavy (non-hydrogen) atoms. The molecule has 3 rings (SSSR count). The molecule has 1 aromatic heterocycles. The van der Waals surface area contributed by atoms with E-state index >= 15 is 0 Å². The first-order valence-corrected chi connectivity index (χ1v) is 6.87. The van der Waals surface area contributed by atoms with Crippen LogP contribution in [0.5, 0.6) is 0 Å². The van der Waals surface area contributed by atoms with E-state index in [1.165, 1.54) is 0 Å². The van der Waals surface area contributed by atoms with Gasteiger partial charge in [-0.2, -0.15) is 4.98 Å². The van der Waals surface area contributed by atoms with Gasteiger partial charge >= 0.3 is 0 Å². The van der Waals surface area contributed by atoms with Crippen molar-refractivity contribution < 1.29 is 4.52 Å². The van der Waals surface area contributed by atoms with E-state index < -0.39 is 0 Å². The van der Waals surface area contributed by atoms with Crippen molar-refractivity contribution in [3.05, 3.63) is 35.2 Å². The maximum atomic E-state index is 6.16. The van der Waals surface area contributed by atoms with Crippen LogP contribution >= 0.6 is 11.6 Å². The summed E-state index contributed by atoms with van der Waals surface area (Å²) in [5, 5.41) is 8.07. The molecule has 0 saturated carbocycles. The van der Waals surface area contributed by atoms with Gasteiger partial charge in [-0.05, 0) is 38.1 Å². The smallest absolute Gasteiger partial charge is 0.232 e. The maximum Gasteiger partial charge on any atom is 0.232 e. The van der Waals surface area contributed by atoms with Crippen molar-refractivity contribution >= 4 is 11.6 Å². The molecule has 0 spiro atoms. The molecule has 5 heteroatoms. The highest BCUT2D eigenvalue weighted by atomic mass is 35.5. The maximum absolute atomic E-state index is 6.16. The van der Waals surface area contributed by atoms with Gasteiger partial charge in [-0.3, -0.25) is 0 Å². The highest BCUT2D eigenvalue weighted by Gasteiger charge is 2.34. The van der Waals surface area contributed by atoms with Crippen molar-refractivity contribution in [3.63, 3.8) is 0 Å². The van der Waals surface area contributed by atoms with Gasteiger partial charge in [0.25, 0.3) is 0 Å². The van der Waals surface area contributed by atoms with E-state index in [9.17, 15) is 0 Å². The third-order valence-electron chi connectivity index (χ3n) is 3.76. The van der Waals surface area contributed by atoms with Crippen molar-refractivity contribution in [2.75, 3.05) is 13.1 Å². The van der Waals surface area contributed by atoms with Gasteiger partial charge in [0.15, 0.2) is 0 Å². The minimum absolute atomic E-state index is 0.0300. The Labute approximate surface area is 117 Å². The molecule has 0 amide bonds. The Bertz CT molecular complexity index is 576. The third kappa shape index (κ3) is 2.38. The molecule has 0 unspecified atom stereocenters. The summed E-state index contributed by atoms with van der Waals surface area (Å²) in [5.74, 6) is 1.28. The third-order valence-corrected chi connectivity index (χ3v) is 4.09. The number of benzene rings is 1. The molecule has 4 nitrogen and oxygen atoms in total. The lowest BCUT2D eigenvalue weighted by atomic mass is 9.81. The summed E-state index contributed by atoms with van der Waals surface area (Å²) in [7, 11) is 0. The average Bonchev–Trinajstić information content (AvgIpc) is 2.90. The lowest BCUT2D eigenvalue weighted by Gasteiger charge is -2.30. The van der Waals surface area contributed by atoms with E-state index in [0.717, 1.165) is 31.5 Å². The Morgan fingerprint density at radius 3 is 2.74 bits per heavy atom. The summed E-state index contributed by atoms with van der Waals surface area (Å²) in [6, 6.07) is 7.55. The number of hydrogen-bond acceptors (Lipinski definition) is 4. The SMILES string of the molecule is CC1(c2nc(-c3ccccc3Cl)no2)CCNCC1. The van der Waals surface area contributed by atoms with Crippen LogP contribution in [0, 0.1) is 0 Å². The minimum atomic E-state index is -0.0300. The van der Waals surface area contributed by atoms with Crippen LogP contribution in [-0.4, -0.2) is 23.2 Å². The van der Waals surface area contributed by atoms with Crippen molar-refractivity contribution in [1.29, 1.82) is 0 Å². The number of rotatable bonds is 2. The molecule has 1 aliphatic rings. The Morgan fingerprint density at radius 1 is 1.26 bits per heavy atom. The average molecular weight is 278 g/mol. The molecule has 0 atom stereocenters. The van der Waals surface area contributed by atoms with Crippen LogP contribution in [0.3, 0.4) is 0 Å². The molecule has 100 valence electrons. The first-order chi connectivity index (χ1) is 9.19. The van der Waals surface area contributed by atoms with Gasteiger partial charge in [-0.1, -0.05) is 35.8 Å². The number of nitrogens with zero attached hydrogens (tertiary/aromatic N) is 2. The van der Waals surface area contributed by atoms with Crippen LogP contribution in [0.15, 0.2) is 28.8 Å². The molecular weight excluding hydrogens is 262 g/mol. The summed E-state index contributed by atoms with van der Waals surface area (Å²) in [4.78, 5) is 4.55. The molecule has 1 saturated heterocycles. The molecule has 1 aliphatic heterocycles. The second kappa shape index (κ2) is 4.94. The topological polar surface area (TPSA) is 51.0 Å². The number of nitrogens with one attached hydrogen (secondary N) is 1. The Morgan fingerprint density at radius 2 is 2.00 bits per heavy atom. The van der Waals surface area contributed by atoms with Gasteiger partial charge in [0, 0.05) is 11.0 Å². The van der Waals surface area contributed by atoms with E-state index in [1.54, 1.807) is 0 Å². The summed E-state index contributed by atoms with van der Waals surface area (Å²) in [5.41, 5.74) is 0.786. The summed E-state index contributed by atoms with van der Waals surface area (Å²) in [6.07, 6.45) is 2.02. The molecule has 0 aliphatic carbocycles. The summed E-state index contributed by atoms with van der Waals surface area (Å²) in [6.45, 7) is 4.15. The highest BCUT2D eigenvalue weighted by molar-refractivity contribution is 6.33. The Hall–Kier alpha value is -1.39. The molecule has 2 aromatic rings. The van der Waals surface area contributed by atoms with Gasteiger partial charge in [-0.15, -0.1) is 0 Å². The second-order valence-electron chi connectivity index (χ2n) is 5.21. The van der Waals surface area contributed by atoms with Gasteiger partial charge < -0.3 is 9.84 Å². The number of halogens is 1. The van der Waals surface area contributed by atoms with Crippen LogP contribution in [0.1, 0.15) is 25.7 Å². The molecule has 0 radical (unpaired) electrons. The summed E-state index contributed by atoms with van der Waals surface area (Å²) >= 11 is 6.16. The quantitative estimate of drug-likeness (QED) is 0.917. The van der Waals surface area contributed by atoms with E-state index in [-0.39, 0.29) is 5.41 Å². The van der Waals surface area contributed by atoms with E-state index in [1.807, 2.05) is 24.3 Å². The van der Waals surface area contributed by atoms with E-state index in [4.69, 9.17) is 16.1 Å². The van der Waals surface area contributed by atoms with Crippen molar-refractivity contribution in [1.82, 2.24) is 15.5 Å². The van der Waals surface area contributed by atoms with E-state index in [0.29, 0.717) is 16.7 Å². The lowest BCUT2D eigenvalue weighted by molar-refractivity contribution is 0.241. The van der Waals surface area contributed by atoms with Crippen LogP contribution < -0.4 is 5.32 Å². The first-order valence-electron chi connectivity index (χ1n) is 6.49. The molecule has 1 N–H and O–H groups in total. The Kier molecular flexibility index (Phi) is 3.29. The fraction of sp³-hybridized carbons (Fsp3) is 0.429. The fourth-order valence-corrected chi connectivity index (χ4v) is 2.63. The normalized spacial score (nSPS) is 18.4. The van der Waals surface area contributed by atoms with Crippen LogP contribution in [-0.2, 0) is 5.41 Å². The Balaban J connectivity index is 1.93. The van der Waals surface area contributed by atoms with Crippen molar-refractivity contribution in [2.24, 2.45) is 0 Å². The number of hydrogen-bond donors (Lipinski definition) is 1. The fourth-order valence-electron chi connectivity index (χ4n) is 2.41. The molecule has 1 fully saturated rings. The first kappa shape index (κ1) is 12.6. The van der Waals surface area contributed by atoms with Gasteiger partial charge in [-0.25, -0.2) is 0 Å². The van der Waals surface area contributed by atoms with Crippen LogP contribution in [0.25, 0.3) is 11.4 Å². The van der Waals surface area contributed by atoms with Crippen LogP contribution in [0.4, 0.5) is 0 Å². The van der Waals surface area contributed by atoms with Crippen LogP contribution in [0.2, 0.25) is 5.02 Å². The molecule has 1 aromatic carbocycles. The summed E-state index contributed by atoms with van der Waals surface area (Å²) < 4.78 is 5.47. The second-order valence-corrected chi connectivity index (χ2v) is 5.62. The lowest BCUT2D eigenvalue weighted by Crippen LogP contribution is -2.37. The predicted octanol–water partition coefficient (Wildman–Crippen LogP) is 3.03. The standard InChI is InChI=1S/C14H16ClN3O/c1-14(6-8-16-9-7-14)13-17-12(18-19-13)10-4-2-3-5-11(10)15/h2-5,16H,6-9H2,1H3. The largest absolute Gasteiger partial charge is 0.338 e. The number of aromatic nitrogens is 2. The zero-order chi connectivity index (χ0) is 13.3. The minimum Gasteiger partial charge on any atom is -0.338 e. The number of piperidine rings is 1. The monoisotopic (exact) mass is 277 g/mol. The zero-order valence-corrected chi connectivity index (χ0v) is 11.6. The van der Waals surface area contributed by atoms with Crippen molar-refractivity contribution in [2.45, 2.75) is 25.2 Å². The van der Waals surface area contributed by atoms with Crippen molar-refractivity contribution in [3.8, 4) is 11.4 Å².